The van der Waals surface area contributed by atoms with E-state index >= 15 is 0 Å². The van der Waals surface area contributed by atoms with Crippen molar-refractivity contribution in [1.29, 1.82) is 0 Å². The molecule has 3 rings (SSSR count). The Balaban J connectivity index is 0.000000847. The van der Waals surface area contributed by atoms with Crippen LogP contribution in [0.25, 0.3) is 0 Å². The standard InChI is InChI=1S/C14H16N2O3S.C2H6/c15-11-12(8-4-2-1-3-5-8)20-10-7-6-9(14(18)19)16(10)13(11)17;1-2/h1-5,9-12H,6-7,15H2,(H,18,19);1-2H3. The summed E-state index contributed by atoms with van der Waals surface area (Å²) >= 11 is 1.60. The Morgan fingerprint density at radius 2 is 1.91 bits per heavy atom. The number of aliphatic carboxylic acids is 1. The van der Waals surface area contributed by atoms with Gasteiger partial charge in [-0.1, -0.05) is 44.2 Å². The van der Waals surface area contributed by atoms with Crippen LogP contribution in [-0.4, -0.2) is 39.3 Å². The second-order valence-corrected chi connectivity index (χ2v) is 6.45. The molecule has 1 aromatic rings. The van der Waals surface area contributed by atoms with Crippen molar-refractivity contribution >= 4 is 23.6 Å². The Hall–Kier alpha value is -1.53. The summed E-state index contributed by atoms with van der Waals surface area (Å²) in [5.74, 6) is -1.18. The molecular formula is C16H22N2O3S. The summed E-state index contributed by atoms with van der Waals surface area (Å²) in [6.45, 7) is 4.00. The minimum absolute atomic E-state index is 0.0754. The molecule has 3 N–H and O–H groups in total. The Morgan fingerprint density at radius 1 is 1.27 bits per heavy atom. The van der Waals surface area contributed by atoms with Gasteiger partial charge in [-0.2, -0.15) is 0 Å². The second-order valence-electron chi connectivity index (χ2n) is 5.12. The van der Waals surface area contributed by atoms with E-state index < -0.39 is 18.1 Å². The first-order valence-electron chi connectivity index (χ1n) is 7.60. The molecule has 2 aliphatic rings. The molecular weight excluding hydrogens is 300 g/mol. The maximum atomic E-state index is 12.4. The maximum Gasteiger partial charge on any atom is 0.326 e. The third kappa shape index (κ3) is 2.98. The first-order chi connectivity index (χ1) is 10.6. The van der Waals surface area contributed by atoms with Gasteiger partial charge in [0, 0.05) is 0 Å². The molecule has 4 unspecified atom stereocenters. The fourth-order valence-electron chi connectivity index (χ4n) is 2.94. The predicted octanol–water partition coefficient (Wildman–Crippen LogP) is 2.23. The maximum absolute atomic E-state index is 12.4. The smallest absolute Gasteiger partial charge is 0.326 e. The van der Waals surface area contributed by atoms with Gasteiger partial charge < -0.3 is 15.7 Å². The van der Waals surface area contributed by atoms with E-state index in [0.717, 1.165) is 5.56 Å². The minimum Gasteiger partial charge on any atom is -0.480 e. The van der Waals surface area contributed by atoms with Crippen molar-refractivity contribution in [3.8, 4) is 0 Å². The SMILES string of the molecule is CC.NC1C(=O)N2C(CCC2C(=O)O)SC1c1ccccc1. The van der Waals surface area contributed by atoms with Crippen molar-refractivity contribution in [3.63, 3.8) is 0 Å². The number of carbonyl (C=O) groups excluding carboxylic acids is 1. The van der Waals surface area contributed by atoms with E-state index in [2.05, 4.69) is 0 Å². The van der Waals surface area contributed by atoms with Crippen LogP contribution in [0.4, 0.5) is 0 Å². The topological polar surface area (TPSA) is 83.6 Å². The van der Waals surface area contributed by atoms with Gasteiger partial charge in [0.05, 0.1) is 10.6 Å². The zero-order valence-electron chi connectivity index (χ0n) is 12.8. The highest BCUT2D eigenvalue weighted by Gasteiger charge is 2.49. The summed E-state index contributed by atoms with van der Waals surface area (Å²) in [5.41, 5.74) is 7.09. The molecule has 0 spiro atoms. The molecule has 2 heterocycles. The molecule has 1 amide bonds. The third-order valence-corrected chi connectivity index (χ3v) is 5.55. The molecule has 120 valence electrons. The molecule has 1 aromatic carbocycles. The van der Waals surface area contributed by atoms with E-state index in [1.807, 2.05) is 44.2 Å². The van der Waals surface area contributed by atoms with Gasteiger partial charge in [-0.05, 0) is 18.4 Å². The van der Waals surface area contributed by atoms with Crippen molar-refractivity contribution in [1.82, 2.24) is 4.90 Å². The highest BCUT2D eigenvalue weighted by atomic mass is 32.2. The third-order valence-electron chi connectivity index (χ3n) is 3.92. The normalized spacial score (nSPS) is 30.3. The molecule has 0 aromatic heterocycles. The Labute approximate surface area is 134 Å². The molecule has 22 heavy (non-hydrogen) atoms. The van der Waals surface area contributed by atoms with Gasteiger partial charge >= 0.3 is 5.97 Å². The Morgan fingerprint density at radius 3 is 2.50 bits per heavy atom. The van der Waals surface area contributed by atoms with Crippen molar-refractivity contribution in [2.75, 3.05) is 0 Å². The average Bonchev–Trinajstić information content (AvgIpc) is 2.98. The number of fused-ring (bicyclic) bond motifs is 1. The largest absolute Gasteiger partial charge is 0.480 e. The van der Waals surface area contributed by atoms with Gasteiger partial charge in [0.25, 0.3) is 0 Å². The fourth-order valence-corrected chi connectivity index (χ4v) is 4.53. The number of hydrogen-bond acceptors (Lipinski definition) is 4. The summed E-state index contributed by atoms with van der Waals surface area (Å²) in [4.78, 5) is 25.1. The number of carbonyl (C=O) groups is 2. The minimum atomic E-state index is -0.938. The molecule has 0 saturated carbocycles. The molecule has 2 aliphatic heterocycles. The van der Waals surface area contributed by atoms with E-state index in [9.17, 15) is 14.7 Å². The lowest BCUT2D eigenvalue weighted by Crippen LogP contribution is -2.56. The predicted molar refractivity (Wildman–Crippen MR) is 87.4 cm³/mol. The lowest BCUT2D eigenvalue weighted by Gasteiger charge is -2.39. The zero-order valence-corrected chi connectivity index (χ0v) is 13.6. The summed E-state index contributed by atoms with van der Waals surface area (Å²) in [6.07, 6.45) is 1.22. The molecule has 0 radical (unpaired) electrons. The number of benzene rings is 1. The van der Waals surface area contributed by atoms with Crippen LogP contribution in [0.15, 0.2) is 30.3 Å². The van der Waals surface area contributed by atoms with E-state index in [-0.39, 0.29) is 16.5 Å². The number of nitrogens with two attached hydrogens (primary N) is 1. The summed E-state index contributed by atoms with van der Waals surface area (Å²) in [5, 5.41) is 9.02. The summed E-state index contributed by atoms with van der Waals surface area (Å²) in [7, 11) is 0. The molecule has 0 bridgehead atoms. The first-order valence-corrected chi connectivity index (χ1v) is 8.55. The number of rotatable bonds is 2. The number of amides is 1. The number of nitrogens with zero attached hydrogens (tertiary/aromatic N) is 1. The first kappa shape index (κ1) is 16.8. The number of thioether (sulfide) groups is 1. The molecule has 5 nitrogen and oxygen atoms in total. The van der Waals surface area contributed by atoms with Gasteiger partial charge in [-0.25, -0.2) is 4.79 Å². The van der Waals surface area contributed by atoms with Crippen LogP contribution in [0.5, 0.6) is 0 Å². The number of carboxylic acids is 1. The monoisotopic (exact) mass is 322 g/mol. The number of hydrogen-bond donors (Lipinski definition) is 2. The van der Waals surface area contributed by atoms with E-state index in [4.69, 9.17) is 5.73 Å². The summed E-state index contributed by atoms with van der Waals surface area (Å²) in [6, 6.07) is 8.30. The highest BCUT2D eigenvalue weighted by molar-refractivity contribution is 8.00. The van der Waals surface area contributed by atoms with Gasteiger partial charge in [0.15, 0.2) is 0 Å². The quantitative estimate of drug-likeness (QED) is 0.872. The lowest BCUT2D eigenvalue weighted by molar-refractivity contribution is -0.149. The molecule has 0 aliphatic carbocycles. The van der Waals surface area contributed by atoms with Crippen LogP contribution in [0, 0.1) is 0 Å². The van der Waals surface area contributed by atoms with Crippen molar-refractivity contribution < 1.29 is 14.7 Å². The average molecular weight is 322 g/mol. The van der Waals surface area contributed by atoms with Gasteiger partial charge in [0.1, 0.15) is 12.1 Å². The van der Waals surface area contributed by atoms with E-state index in [1.54, 1.807) is 11.8 Å². The molecule has 6 heteroatoms. The highest BCUT2D eigenvalue weighted by Crippen LogP contribution is 2.46. The van der Waals surface area contributed by atoms with Crippen LogP contribution in [0.2, 0.25) is 0 Å². The van der Waals surface area contributed by atoms with Crippen LogP contribution in [-0.2, 0) is 9.59 Å². The van der Waals surface area contributed by atoms with Gasteiger partial charge in [-0.15, -0.1) is 11.8 Å². The van der Waals surface area contributed by atoms with Crippen LogP contribution >= 0.6 is 11.8 Å². The molecule has 4 atom stereocenters. The van der Waals surface area contributed by atoms with E-state index in [0.29, 0.717) is 12.8 Å². The number of carboxylic acid groups (broad SMARTS) is 1. The zero-order chi connectivity index (χ0) is 16.3. The van der Waals surface area contributed by atoms with Crippen molar-refractivity contribution in [3.05, 3.63) is 35.9 Å². The van der Waals surface area contributed by atoms with Crippen molar-refractivity contribution in [2.24, 2.45) is 5.73 Å². The van der Waals surface area contributed by atoms with Crippen LogP contribution in [0.3, 0.4) is 0 Å². The Kier molecular flexibility index (Phi) is 5.47. The Bertz CT molecular complexity index is 537. The molecule has 2 fully saturated rings. The second kappa shape index (κ2) is 7.15. The van der Waals surface area contributed by atoms with Crippen molar-refractivity contribution in [2.45, 2.75) is 49.4 Å². The van der Waals surface area contributed by atoms with E-state index in [1.165, 1.54) is 4.90 Å². The molecule has 2 saturated heterocycles. The van der Waals surface area contributed by atoms with Crippen LogP contribution in [0.1, 0.15) is 37.5 Å². The summed E-state index contributed by atoms with van der Waals surface area (Å²) < 4.78 is 0. The van der Waals surface area contributed by atoms with Gasteiger partial charge in [0.2, 0.25) is 5.91 Å². The fraction of sp³-hybridized carbons (Fsp3) is 0.500. The van der Waals surface area contributed by atoms with Gasteiger partial charge in [-0.3, -0.25) is 4.79 Å². The van der Waals surface area contributed by atoms with Crippen LogP contribution < -0.4 is 5.73 Å². The lowest BCUT2D eigenvalue weighted by atomic mass is 10.0.